The van der Waals surface area contributed by atoms with Gasteiger partial charge in [0.1, 0.15) is 0 Å². The van der Waals surface area contributed by atoms with Gasteiger partial charge in [-0.15, -0.1) is 0 Å². The van der Waals surface area contributed by atoms with Gasteiger partial charge in [-0.1, -0.05) is 23.4 Å². The molecule has 1 rings (SSSR count). The van der Waals surface area contributed by atoms with Gasteiger partial charge in [-0.05, 0) is 18.2 Å². The summed E-state index contributed by atoms with van der Waals surface area (Å²) in [7, 11) is 0. The highest BCUT2D eigenvalue weighted by Gasteiger charge is 2.21. The van der Waals surface area contributed by atoms with Crippen LogP contribution in [0.4, 0.5) is 18.9 Å². The molecule has 0 aliphatic carbocycles. The summed E-state index contributed by atoms with van der Waals surface area (Å²) in [5.74, 6) is 0. The first-order valence-electron chi connectivity index (χ1n) is 3.64. The Morgan fingerprint density at radius 1 is 1.29 bits per heavy atom. The molecule has 2 N–H and O–H groups in total. The molecular weight excluding hydrogens is 235 g/mol. The van der Waals surface area contributed by atoms with E-state index < -0.39 is 11.9 Å². The Balaban J connectivity index is 2.80. The predicted octanol–water partition coefficient (Wildman–Crippen LogP) is 3.58. The Hall–Kier alpha value is -0.550. The molecule has 1 nitrogen and oxygen atoms in total. The largest absolute Gasteiger partial charge is 0.399 e. The van der Waals surface area contributed by atoms with Gasteiger partial charge in [-0.25, -0.2) is 13.2 Å². The maximum Gasteiger partial charge on any atom is 0.278 e. The van der Waals surface area contributed by atoms with E-state index in [2.05, 4.69) is 0 Å². The summed E-state index contributed by atoms with van der Waals surface area (Å²) in [6.07, 6.45) is -3.03. The number of alkyl halides is 3. The topological polar surface area (TPSA) is 26.0 Å². The van der Waals surface area contributed by atoms with Crippen LogP contribution in [-0.4, -0.2) is 11.9 Å². The third-order valence-corrected chi connectivity index (χ3v) is 2.86. The Labute approximate surface area is 88.4 Å². The quantitative estimate of drug-likeness (QED) is 0.647. The second kappa shape index (κ2) is 4.79. The summed E-state index contributed by atoms with van der Waals surface area (Å²) in [5, 5.41) is 0.215. The molecule has 14 heavy (non-hydrogen) atoms. The Morgan fingerprint density at radius 3 is 2.50 bits per heavy atom. The van der Waals surface area contributed by atoms with Crippen molar-refractivity contribution < 1.29 is 13.2 Å². The maximum absolute atomic E-state index is 12.6. The van der Waals surface area contributed by atoms with Crippen LogP contribution in [0.3, 0.4) is 0 Å². The summed E-state index contributed by atoms with van der Waals surface area (Å²) in [4.78, 5) is 0.222. The van der Waals surface area contributed by atoms with Gasteiger partial charge in [0.15, 0.2) is 0 Å². The van der Waals surface area contributed by atoms with Gasteiger partial charge in [0.05, 0.1) is 5.02 Å². The van der Waals surface area contributed by atoms with E-state index in [0.717, 1.165) is 0 Å². The van der Waals surface area contributed by atoms with Crippen molar-refractivity contribution in [3.8, 4) is 0 Å². The molecule has 1 aromatic carbocycles. The monoisotopic (exact) mass is 241 g/mol. The fourth-order valence-electron chi connectivity index (χ4n) is 0.783. The Bertz CT molecular complexity index is 321. The smallest absolute Gasteiger partial charge is 0.278 e. The minimum absolute atomic E-state index is 0.215. The van der Waals surface area contributed by atoms with E-state index >= 15 is 0 Å². The van der Waals surface area contributed by atoms with Crippen LogP contribution < -0.4 is 5.73 Å². The van der Waals surface area contributed by atoms with E-state index in [1.165, 1.54) is 18.2 Å². The number of rotatable bonds is 3. The molecule has 0 aliphatic rings. The lowest BCUT2D eigenvalue weighted by Crippen LogP contribution is -2.06. The molecule has 0 heterocycles. The number of benzene rings is 1. The third-order valence-electron chi connectivity index (χ3n) is 1.39. The average Bonchev–Trinajstić information content (AvgIpc) is 2.11. The molecule has 0 fully saturated rings. The number of nitrogen functional groups attached to an aromatic ring is 1. The molecule has 0 saturated carbocycles. The Kier molecular flexibility index (Phi) is 3.95. The van der Waals surface area contributed by atoms with Crippen LogP contribution in [0.15, 0.2) is 23.1 Å². The van der Waals surface area contributed by atoms with Crippen molar-refractivity contribution in [2.24, 2.45) is 0 Å². The highest BCUT2D eigenvalue weighted by molar-refractivity contribution is 8.00. The zero-order valence-electron chi connectivity index (χ0n) is 6.88. The minimum Gasteiger partial charge on any atom is -0.399 e. The number of hydrogen-bond acceptors (Lipinski definition) is 2. The van der Waals surface area contributed by atoms with E-state index in [0.29, 0.717) is 17.4 Å². The molecule has 0 radical (unpaired) electrons. The fourth-order valence-corrected chi connectivity index (χ4v) is 1.76. The van der Waals surface area contributed by atoms with Gasteiger partial charge in [-0.3, -0.25) is 0 Å². The van der Waals surface area contributed by atoms with E-state index in [9.17, 15) is 13.2 Å². The first-order chi connectivity index (χ1) is 6.50. The Morgan fingerprint density at radius 2 is 1.93 bits per heavy atom. The van der Waals surface area contributed by atoms with Gasteiger partial charge in [0.25, 0.3) is 6.43 Å². The summed E-state index contributed by atoms with van der Waals surface area (Å²) in [5.41, 5.74) is 3.47. The molecule has 0 saturated heterocycles. The fraction of sp³-hybridized carbons (Fsp3) is 0.250. The third kappa shape index (κ3) is 2.99. The van der Waals surface area contributed by atoms with Crippen LogP contribution in [0.25, 0.3) is 0 Å². The van der Waals surface area contributed by atoms with Gasteiger partial charge in [-0.2, -0.15) is 0 Å². The molecule has 0 bridgehead atoms. The number of anilines is 1. The van der Waals surface area contributed by atoms with Crippen molar-refractivity contribution in [1.29, 1.82) is 0 Å². The molecule has 0 amide bonds. The second-order valence-corrected chi connectivity index (χ2v) is 4.03. The summed E-state index contributed by atoms with van der Waals surface area (Å²) < 4.78 is 36.4. The standard InChI is InChI=1S/C8H7ClF3NS/c9-5-2-1-4(13)3-6(5)14-8(12)7(10)11/h1-3,7-8H,13H2. The lowest BCUT2D eigenvalue weighted by atomic mass is 10.3. The predicted molar refractivity (Wildman–Crippen MR) is 52.6 cm³/mol. The molecule has 0 aliphatic heterocycles. The van der Waals surface area contributed by atoms with Crippen LogP contribution in [0.5, 0.6) is 0 Å². The molecular formula is C8H7ClF3NS. The average molecular weight is 242 g/mol. The SMILES string of the molecule is Nc1ccc(Cl)c(SC(F)C(F)F)c1. The van der Waals surface area contributed by atoms with Gasteiger partial charge >= 0.3 is 0 Å². The normalized spacial score (nSPS) is 13.2. The maximum atomic E-state index is 12.6. The highest BCUT2D eigenvalue weighted by Crippen LogP contribution is 2.34. The van der Waals surface area contributed by atoms with Crippen molar-refractivity contribution >= 4 is 29.1 Å². The van der Waals surface area contributed by atoms with Crippen LogP contribution in [0, 0.1) is 0 Å². The van der Waals surface area contributed by atoms with Crippen LogP contribution in [-0.2, 0) is 0 Å². The summed E-state index contributed by atoms with van der Waals surface area (Å²) >= 11 is 6.02. The van der Waals surface area contributed by atoms with Crippen LogP contribution in [0.1, 0.15) is 0 Å². The number of nitrogens with two attached hydrogens (primary N) is 1. The van der Waals surface area contributed by atoms with Crippen molar-refractivity contribution in [2.45, 2.75) is 16.8 Å². The van der Waals surface area contributed by atoms with Crippen molar-refractivity contribution in [3.05, 3.63) is 23.2 Å². The van der Waals surface area contributed by atoms with E-state index in [4.69, 9.17) is 17.3 Å². The number of hydrogen-bond donors (Lipinski definition) is 1. The lowest BCUT2D eigenvalue weighted by Gasteiger charge is -2.08. The lowest BCUT2D eigenvalue weighted by molar-refractivity contribution is 0.0953. The zero-order valence-corrected chi connectivity index (χ0v) is 8.46. The molecule has 0 aromatic heterocycles. The molecule has 78 valence electrons. The first kappa shape index (κ1) is 11.5. The summed E-state index contributed by atoms with van der Waals surface area (Å²) in [6.45, 7) is 0. The van der Waals surface area contributed by atoms with E-state index in [1.54, 1.807) is 0 Å². The molecule has 1 aromatic rings. The number of halogens is 4. The first-order valence-corrected chi connectivity index (χ1v) is 4.90. The second-order valence-electron chi connectivity index (χ2n) is 2.49. The number of thioether (sulfide) groups is 1. The molecule has 6 heteroatoms. The van der Waals surface area contributed by atoms with Crippen molar-refractivity contribution in [3.63, 3.8) is 0 Å². The van der Waals surface area contributed by atoms with Crippen LogP contribution in [0.2, 0.25) is 5.02 Å². The van der Waals surface area contributed by atoms with Crippen LogP contribution >= 0.6 is 23.4 Å². The zero-order chi connectivity index (χ0) is 10.7. The van der Waals surface area contributed by atoms with Crippen molar-refractivity contribution in [1.82, 2.24) is 0 Å². The van der Waals surface area contributed by atoms with E-state index in [-0.39, 0.29) is 9.92 Å². The molecule has 1 unspecified atom stereocenters. The minimum atomic E-state index is -3.03. The van der Waals surface area contributed by atoms with Gasteiger partial charge in [0, 0.05) is 10.6 Å². The molecule has 1 atom stereocenters. The highest BCUT2D eigenvalue weighted by atomic mass is 35.5. The van der Waals surface area contributed by atoms with Gasteiger partial charge in [0.2, 0.25) is 5.50 Å². The summed E-state index contributed by atoms with van der Waals surface area (Å²) in [6, 6.07) is 4.32. The van der Waals surface area contributed by atoms with Crippen molar-refractivity contribution in [2.75, 3.05) is 5.73 Å². The van der Waals surface area contributed by atoms with Gasteiger partial charge < -0.3 is 5.73 Å². The molecule has 0 spiro atoms. The van der Waals surface area contributed by atoms with E-state index in [1.807, 2.05) is 0 Å².